The van der Waals surface area contributed by atoms with Crippen LogP contribution in [0, 0.1) is 0 Å². The highest BCUT2D eigenvalue weighted by atomic mass is 16.5. The fourth-order valence-corrected chi connectivity index (χ4v) is 1.58. The van der Waals surface area contributed by atoms with Gasteiger partial charge < -0.3 is 19.9 Å². The molecule has 1 rings (SSSR count). The van der Waals surface area contributed by atoms with Crippen LogP contribution >= 0.6 is 0 Å². The number of hydrogen-bond acceptors (Lipinski definition) is 4. The molecule has 5 nitrogen and oxygen atoms in total. The van der Waals surface area contributed by atoms with E-state index >= 15 is 0 Å². The predicted molar refractivity (Wildman–Crippen MR) is 77.5 cm³/mol. The number of carbonyl (C=O) groups is 1. The molecule has 0 amide bonds. The van der Waals surface area contributed by atoms with E-state index in [0.29, 0.717) is 26.1 Å². The first-order chi connectivity index (χ1) is 9.72. The largest absolute Gasteiger partial charge is 0.494 e. The SMILES string of the molecule is CCCOc1ccc(OCCNCCCC(=O)O)cc1. The molecule has 1 aromatic carbocycles. The Balaban J connectivity index is 2.08. The monoisotopic (exact) mass is 281 g/mol. The molecule has 0 bridgehead atoms. The van der Waals surface area contributed by atoms with Gasteiger partial charge in [-0.05, 0) is 43.7 Å². The number of ether oxygens (including phenoxy) is 2. The Bertz CT molecular complexity index is 378. The van der Waals surface area contributed by atoms with Gasteiger partial charge in [-0.2, -0.15) is 0 Å². The Hall–Kier alpha value is -1.75. The quantitative estimate of drug-likeness (QED) is 0.609. The van der Waals surface area contributed by atoms with Crippen LogP contribution in [0.1, 0.15) is 26.2 Å². The van der Waals surface area contributed by atoms with Crippen LogP contribution in [0.25, 0.3) is 0 Å². The van der Waals surface area contributed by atoms with Crippen molar-refractivity contribution in [3.8, 4) is 11.5 Å². The highest BCUT2D eigenvalue weighted by Gasteiger charge is 1.97. The first-order valence-electron chi connectivity index (χ1n) is 7.00. The fraction of sp³-hybridized carbons (Fsp3) is 0.533. The standard InChI is InChI=1S/C15H23NO4/c1-2-11-19-13-5-7-14(8-6-13)20-12-10-16-9-3-4-15(17)18/h5-8,16H,2-4,9-12H2,1H3,(H,17,18). The van der Waals surface area contributed by atoms with Crippen molar-refractivity contribution < 1.29 is 19.4 Å². The molecule has 0 atom stereocenters. The Kier molecular flexibility index (Phi) is 8.22. The van der Waals surface area contributed by atoms with Gasteiger partial charge in [0.2, 0.25) is 0 Å². The molecule has 0 radical (unpaired) electrons. The van der Waals surface area contributed by atoms with Gasteiger partial charge in [0.05, 0.1) is 6.61 Å². The molecule has 2 N–H and O–H groups in total. The summed E-state index contributed by atoms with van der Waals surface area (Å²) in [6, 6.07) is 7.56. The minimum Gasteiger partial charge on any atom is -0.494 e. The summed E-state index contributed by atoms with van der Waals surface area (Å²) in [5.41, 5.74) is 0. The molecule has 0 aromatic heterocycles. The highest BCUT2D eigenvalue weighted by molar-refractivity contribution is 5.66. The van der Waals surface area contributed by atoms with Crippen molar-refractivity contribution >= 4 is 5.97 Å². The first-order valence-corrected chi connectivity index (χ1v) is 7.00. The molecule has 112 valence electrons. The van der Waals surface area contributed by atoms with Crippen LogP contribution in [0.4, 0.5) is 0 Å². The molecule has 0 unspecified atom stereocenters. The highest BCUT2D eigenvalue weighted by Crippen LogP contribution is 2.17. The Morgan fingerprint density at radius 1 is 1.10 bits per heavy atom. The van der Waals surface area contributed by atoms with Gasteiger partial charge in [-0.15, -0.1) is 0 Å². The van der Waals surface area contributed by atoms with E-state index in [4.69, 9.17) is 14.6 Å². The second-order valence-electron chi connectivity index (χ2n) is 4.42. The lowest BCUT2D eigenvalue weighted by Gasteiger charge is -2.08. The van der Waals surface area contributed by atoms with Crippen LogP contribution in [-0.4, -0.2) is 37.4 Å². The van der Waals surface area contributed by atoms with Crippen molar-refractivity contribution in [2.24, 2.45) is 0 Å². The summed E-state index contributed by atoms with van der Waals surface area (Å²) >= 11 is 0. The first kappa shape index (κ1) is 16.3. The fourth-order valence-electron chi connectivity index (χ4n) is 1.58. The molecule has 0 spiro atoms. The zero-order chi connectivity index (χ0) is 14.6. The number of hydrogen-bond donors (Lipinski definition) is 2. The van der Waals surface area contributed by atoms with Crippen LogP contribution in [0.2, 0.25) is 0 Å². The third-order valence-electron chi connectivity index (χ3n) is 2.59. The van der Waals surface area contributed by atoms with Crippen LogP contribution in [-0.2, 0) is 4.79 Å². The van der Waals surface area contributed by atoms with E-state index in [2.05, 4.69) is 12.2 Å². The molecule has 0 fully saturated rings. The summed E-state index contributed by atoms with van der Waals surface area (Å²) in [5.74, 6) is 0.903. The number of aliphatic carboxylic acids is 1. The van der Waals surface area contributed by atoms with Crippen molar-refractivity contribution in [2.45, 2.75) is 26.2 Å². The molecule has 1 aromatic rings. The molecule has 5 heteroatoms. The van der Waals surface area contributed by atoms with Crippen LogP contribution < -0.4 is 14.8 Å². The van der Waals surface area contributed by atoms with E-state index < -0.39 is 5.97 Å². The van der Waals surface area contributed by atoms with Crippen LogP contribution in [0.15, 0.2) is 24.3 Å². The van der Waals surface area contributed by atoms with Gasteiger partial charge in [0.1, 0.15) is 18.1 Å². The van der Waals surface area contributed by atoms with Gasteiger partial charge in [-0.1, -0.05) is 6.92 Å². The van der Waals surface area contributed by atoms with Crippen LogP contribution in [0.3, 0.4) is 0 Å². The molecule has 20 heavy (non-hydrogen) atoms. The van der Waals surface area contributed by atoms with Crippen LogP contribution in [0.5, 0.6) is 11.5 Å². The average Bonchev–Trinajstić information content (AvgIpc) is 2.45. The molecule has 0 aliphatic heterocycles. The Morgan fingerprint density at radius 3 is 2.25 bits per heavy atom. The third kappa shape index (κ3) is 7.63. The lowest BCUT2D eigenvalue weighted by Crippen LogP contribution is -2.22. The van der Waals surface area contributed by atoms with Gasteiger partial charge in [0.25, 0.3) is 0 Å². The summed E-state index contributed by atoms with van der Waals surface area (Å²) in [6.07, 6.45) is 1.83. The van der Waals surface area contributed by atoms with Gasteiger partial charge in [-0.3, -0.25) is 4.79 Å². The smallest absolute Gasteiger partial charge is 0.303 e. The van der Waals surface area contributed by atoms with Gasteiger partial charge >= 0.3 is 5.97 Å². The molecular weight excluding hydrogens is 258 g/mol. The number of carboxylic acids is 1. The number of nitrogens with one attached hydrogen (secondary N) is 1. The van der Waals surface area contributed by atoms with Crippen molar-refractivity contribution in [1.29, 1.82) is 0 Å². The summed E-state index contributed by atoms with van der Waals surface area (Å²) in [4.78, 5) is 10.3. The van der Waals surface area contributed by atoms with E-state index in [1.165, 1.54) is 0 Å². The zero-order valence-electron chi connectivity index (χ0n) is 11.9. The van der Waals surface area contributed by atoms with Gasteiger partial charge in [-0.25, -0.2) is 0 Å². The maximum atomic E-state index is 10.3. The van der Waals surface area contributed by atoms with Crippen molar-refractivity contribution in [3.05, 3.63) is 24.3 Å². The predicted octanol–water partition coefficient (Wildman–Crippen LogP) is 2.31. The second kappa shape index (κ2) is 10.1. The summed E-state index contributed by atoms with van der Waals surface area (Å²) in [6.45, 7) is 4.75. The lowest BCUT2D eigenvalue weighted by molar-refractivity contribution is -0.137. The summed E-state index contributed by atoms with van der Waals surface area (Å²) in [7, 11) is 0. The summed E-state index contributed by atoms with van der Waals surface area (Å²) < 4.78 is 11.0. The number of rotatable bonds is 11. The zero-order valence-corrected chi connectivity index (χ0v) is 11.9. The molecule has 0 heterocycles. The lowest BCUT2D eigenvalue weighted by atomic mass is 10.3. The molecule has 0 aliphatic rings. The maximum absolute atomic E-state index is 10.3. The number of benzene rings is 1. The number of carboxylic acid groups (broad SMARTS) is 1. The second-order valence-corrected chi connectivity index (χ2v) is 4.42. The average molecular weight is 281 g/mol. The van der Waals surface area contributed by atoms with Crippen molar-refractivity contribution in [1.82, 2.24) is 5.32 Å². The van der Waals surface area contributed by atoms with Crippen molar-refractivity contribution in [3.63, 3.8) is 0 Å². The van der Waals surface area contributed by atoms with E-state index in [9.17, 15) is 4.79 Å². The molecule has 0 saturated heterocycles. The third-order valence-corrected chi connectivity index (χ3v) is 2.59. The minimum absolute atomic E-state index is 0.201. The topological polar surface area (TPSA) is 67.8 Å². The van der Waals surface area contributed by atoms with Crippen molar-refractivity contribution in [2.75, 3.05) is 26.3 Å². The van der Waals surface area contributed by atoms with E-state index in [-0.39, 0.29) is 6.42 Å². The van der Waals surface area contributed by atoms with Gasteiger partial charge in [0, 0.05) is 13.0 Å². The van der Waals surface area contributed by atoms with E-state index in [1.54, 1.807) is 0 Å². The van der Waals surface area contributed by atoms with Gasteiger partial charge in [0.15, 0.2) is 0 Å². The Labute approximate surface area is 119 Å². The van der Waals surface area contributed by atoms with E-state index in [1.807, 2.05) is 24.3 Å². The molecule has 0 aliphatic carbocycles. The normalized spacial score (nSPS) is 10.2. The molecule has 0 saturated carbocycles. The van der Waals surface area contributed by atoms with E-state index in [0.717, 1.165) is 24.5 Å². The minimum atomic E-state index is -0.756. The maximum Gasteiger partial charge on any atom is 0.303 e. The Morgan fingerprint density at radius 2 is 1.70 bits per heavy atom. The molecular formula is C15H23NO4. The summed E-state index contributed by atoms with van der Waals surface area (Å²) in [5, 5.41) is 11.6.